The highest BCUT2D eigenvalue weighted by atomic mass is 32.2. The second-order valence-corrected chi connectivity index (χ2v) is 9.89. The van der Waals surface area contributed by atoms with Crippen molar-refractivity contribution in [3.8, 4) is 0 Å². The molecule has 2 N–H and O–H groups in total. The van der Waals surface area contributed by atoms with Crippen molar-refractivity contribution in [3.63, 3.8) is 0 Å². The average molecular weight is 489 g/mol. The van der Waals surface area contributed by atoms with Gasteiger partial charge >= 0.3 is 5.97 Å². The van der Waals surface area contributed by atoms with E-state index in [-0.39, 0.29) is 22.1 Å². The molecule has 2 aliphatic rings. The van der Waals surface area contributed by atoms with Crippen molar-refractivity contribution < 1.29 is 27.9 Å². The Morgan fingerprint density at radius 1 is 0.941 bits per heavy atom. The minimum absolute atomic E-state index is 0.00912. The summed E-state index contributed by atoms with van der Waals surface area (Å²) in [5, 5.41) is 9.71. The van der Waals surface area contributed by atoms with Crippen LogP contribution in [-0.2, 0) is 19.6 Å². The van der Waals surface area contributed by atoms with Crippen LogP contribution in [0.3, 0.4) is 0 Å². The molecule has 2 aromatic rings. The minimum Gasteiger partial charge on any atom is -0.478 e. The Labute approximate surface area is 198 Å². The zero-order chi connectivity index (χ0) is 24.1. The average Bonchev–Trinajstić information content (AvgIpc) is 2.85. The van der Waals surface area contributed by atoms with Gasteiger partial charge in [0, 0.05) is 45.0 Å². The second kappa shape index (κ2) is 10.4. The fourth-order valence-electron chi connectivity index (χ4n) is 4.07. The molecular weight excluding hydrogens is 460 g/mol. The van der Waals surface area contributed by atoms with Crippen LogP contribution in [0.2, 0.25) is 0 Å². The molecule has 2 aromatic carbocycles. The second-order valence-electron chi connectivity index (χ2n) is 8.21. The Kier molecular flexibility index (Phi) is 7.35. The molecular formula is C23H28N4O6S. The van der Waals surface area contributed by atoms with Gasteiger partial charge in [-0.05, 0) is 30.3 Å². The van der Waals surface area contributed by atoms with Crippen LogP contribution >= 0.6 is 0 Å². The van der Waals surface area contributed by atoms with Gasteiger partial charge < -0.3 is 19.6 Å². The number of amides is 1. The monoisotopic (exact) mass is 488 g/mol. The highest BCUT2D eigenvalue weighted by Gasteiger charge is 2.25. The van der Waals surface area contributed by atoms with Gasteiger partial charge in [0.25, 0.3) is 10.0 Å². The minimum atomic E-state index is -3.91. The molecule has 0 bridgehead atoms. The van der Waals surface area contributed by atoms with Gasteiger partial charge in [0.2, 0.25) is 5.91 Å². The molecule has 2 fully saturated rings. The van der Waals surface area contributed by atoms with Crippen LogP contribution in [0.25, 0.3) is 0 Å². The number of aromatic carboxylic acids is 1. The summed E-state index contributed by atoms with van der Waals surface area (Å²) in [5.41, 5.74) is 0.580. The zero-order valence-electron chi connectivity index (χ0n) is 18.7. The summed E-state index contributed by atoms with van der Waals surface area (Å²) in [4.78, 5) is 30.4. The third-order valence-corrected chi connectivity index (χ3v) is 7.37. The smallest absolute Gasteiger partial charge is 0.337 e. The summed E-state index contributed by atoms with van der Waals surface area (Å²) in [6.45, 7) is 5.34. The van der Waals surface area contributed by atoms with E-state index in [0.29, 0.717) is 64.7 Å². The molecule has 0 spiro atoms. The van der Waals surface area contributed by atoms with E-state index in [1.165, 1.54) is 24.3 Å². The first-order valence-electron chi connectivity index (χ1n) is 11.1. The lowest BCUT2D eigenvalue weighted by atomic mass is 10.1. The molecule has 2 saturated heterocycles. The maximum atomic E-state index is 12.6. The van der Waals surface area contributed by atoms with Crippen LogP contribution in [0.1, 0.15) is 10.4 Å². The lowest BCUT2D eigenvalue weighted by Crippen LogP contribution is -2.51. The van der Waals surface area contributed by atoms with Crippen LogP contribution < -0.4 is 9.62 Å². The predicted molar refractivity (Wildman–Crippen MR) is 127 cm³/mol. The van der Waals surface area contributed by atoms with Crippen molar-refractivity contribution >= 4 is 33.3 Å². The molecule has 0 aliphatic carbocycles. The first kappa shape index (κ1) is 24.0. The lowest BCUT2D eigenvalue weighted by Gasteiger charge is -2.37. The Hall–Kier alpha value is -3.15. The maximum Gasteiger partial charge on any atom is 0.337 e. The van der Waals surface area contributed by atoms with Crippen LogP contribution in [0.15, 0.2) is 53.4 Å². The Balaban J connectivity index is 1.41. The molecule has 2 heterocycles. The van der Waals surface area contributed by atoms with Crippen LogP contribution in [0, 0.1) is 0 Å². The van der Waals surface area contributed by atoms with E-state index in [1.54, 1.807) is 24.3 Å². The van der Waals surface area contributed by atoms with Gasteiger partial charge in [0.05, 0.1) is 35.9 Å². The SMILES string of the molecule is O=C(O)c1cc(N2CCN(CC(=O)N3CCOCC3)CC2)ccc1NS(=O)(=O)c1ccccc1. The maximum absolute atomic E-state index is 12.6. The van der Waals surface area contributed by atoms with Gasteiger partial charge in [-0.25, -0.2) is 13.2 Å². The molecule has 4 rings (SSSR count). The number of nitrogens with zero attached hydrogens (tertiary/aromatic N) is 3. The number of hydrogen-bond acceptors (Lipinski definition) is 7. The van der Waals surface area contributed by atoms with Gasteiger partial charge in [-0.2, -0.15) is 0 Å². The molecule has 0 radical (unpaired) electrons. The molecule has 11 heteroatoms. The van der Waals surface area contributed by atoms with Crippen molar-refractivity contribution in [1.82, 2.24) is 9.80 Å². The summed E-state index contributed by atoms with van der Waals surface area (Å²) >= 11 is 0. The number of sulfonamides is 1. The molecule has 10 nitrogen and oxygen atoms in total. The highest BCUT2D eigenvalue weighted by Crippen LogP contribution is 2.26. The first-order chi connectivity index (χ1) is 16.3. The van der Waals surface area contributed by atoms with Gasteiger partial charge in [0.15, 0.2) is 0 Å². The number of ether oxygens (including phenoxy) is 1. The molecule has 182 valence electrons. The fourth-order valence-corrected chi connectivity index (χ4v) is 5.17. The van der Waals surface area contributed by atoms with E-state index >= 15 is 0 Å². The molecule has 34 heavy (non-hydrogen) atoms. The standard InChI is InChI=1S/C23H28N4O6S/c28-22(27-12-14-33-15-13-27)17-25-8-10-26(11-9-25)18-6-7-21(20(16-18)23(29)30)24-34(31,32)19-4-2-1-3-5-19/h1-7,16,24H,8-15,17H2,(H,29,30). The number of anilines is 2. The summed E-state index contributed by atoms with van der Waals surface area (Å²) in [5.74, 6) is -1.12. The van der Waals surface area contributed by atoms with Crippen molar-refractivity contribution in [2.45, 2.75) is 4.90 Å². The number of benzene rings is 2. The number of carboxylic acids is 1. The third-order valence-electron chi connectivity index (χ3n) is 5.99. The zero-order valence-corrected chi connectivity index (χ0v) is 19.5. The number of carbonyl (C=O) groups is 2. The first-order valence-corrected chi connectivity index (χ1v) is 12.6. The quantitative estimate of drug-likeness (QED) is 0.596. The number of morpholine rings is 1. The summed E-state index contributed by atoms with van der Waals surface area (Å²) < 4.78 is 33.0. The van der Waals surface area contributed by atoms with Crippen molar-refractivity contribution in [3.05, 3.63) is 54.1 Å². The summed E-state index contributed by atoms with van der Waals surface area (Å²) in [6.07, 6.45) is 0. The van der Waals surface area contributed by atoms with Gasteiger partial charge in [-0.15, -0.1) is 0 Å². The normalized spacial score (nSPS) is 17.4. The largest absolute Gasteiger partial charge is 0.478 e. The predicted octanol–water partition coefficient (Wildman–Crippen LogP) is 1.17. The van der Waals surface area contributed by atoms with E-state index < -0.39 is 16.0 Å². The van der Waals surface area contributed by atoms with Crippen molar-refractivity contribution in [1.29, 1.82) is 0 Å². The topological polar surface area (TPSA) is 119 Å². The summed E-state index contributed by atoms with van der Waals surface area (Å²) in [7, 11) is -3.91. The number of hydrogen-bond donors (Lipinski definition) is 2. The Morgan fingerprint density at radius 2 is 1.62 bits per heavy atom. The molecule has 0 unspecified atom stereocenters. The number of rotatable bonds is 7. The summed E-state index contributed by atoms with van der Waals surface area (Å²) in [6, 6.07) is 12.5. The van der Waals surface area contributed by atoms with Gasteiger partial charge in [-0.1, -0.05) is 18.2 Å². The number of piperazine rings is 1. The van der Waals surface area contributed by atoms with E-state index in [2.05, 4.69) is 9.62 Å². The molecule has 2 aliphatic heterocycles. The van der Waals surface area contributed by atoms with Crippen molar-refractivity contribution in [2.24, 2.45) is 0 Å². The molecule has 0 atom stereocenters. The number of carbonyl (C=O) groups excluding carboxylic acids is 1. The number of carboxylic acid groups (broad SMARTS) is 1. The third kappa shape index (κ3) is 5.66. The highest BCUT2D eigenvalue weighted by molar-refractivity contribution is 7.92. The van der Waals surface area contributed by atoms with Gasteiger partial charge in [-0.3, -0.25) is 14.4 Å². The van der Waals surface area contributed by atoms with E-state index in [1.807, 2.05) is 9.80 Å². The van der Waals surface area contributed by atoms with Gasteiger partial charge in [0.1, 0.15) is 0 Å². The van der Waals surface area contributed by atoms with Crippen molar-refractivity contribution in [2.75, 3.05) is 68.6 Å². The number of nitrogens with one attached hydrogen (secondary N) is 1. The van der Waals surface area contributed by atoms with Crippen LogP contribution in [-0.4, -0.2) is 94.2 Å². The molecule has 0 aromatic heterocycles. The fraction of sp³-hybridized carbons (Fsp3) is 0.391. The Bertz CT molecular complexity index is 1130. The van der Waals surface area contributed by atoms with E-state index in [9.17, 15) is 23.1 Å². The van der Waals surface area contributed by atoms with Crippen LogP contribution in [0.4, 0.5) is 11.4 Å². The molecule has 0 saturated carbocycles. The van der Waals surface area contributed by atoms with E-state index in [0.717, 1.165) is 0 Å². The van der Waals surface area contributed by atoms with E-state index in [4.69, 9.17) is 4.74 Å². The molecule has 1 amide bonds. The lowest BCUT2D eigenvalue weighted by molar-refractivity contribution is -0.136. The Morgan fingerprint density at radius 3 is 2.26 bits per heavy atom. The van der Waals surface area contributed by atoms with Crippen LogP contribution in [0.5, 0.6) is 0 Å².